The van der Waals surface area contributed by atoms with Crippen LogP contribution < -0.4 is 5.32 Å². The van der Waals surface area contributed by atoms with Crippen LogP contribution in [0.2, 0.25) is 0 Å². The van der Waals surface area contributed by atoms with Gasteiger partial charge in [0, 0.05) is 6.04 Å². The standard InChI is InChI=1S/C14H29N/c1-3-4-5-6-7-11-14(15-2)12-13-9-8-10-13/h13-15H,3-12H2,1-2H3. The molecule has 1 N–H and O–H groups in total. The van der Waals surface area contributed by atoms with Gasteiger partial charge in [0.05, 0.1) is 0 Å². The van der Waals surface area contributed by atoms with Gasteiger partial charge < -0.3 is 5.32 Å². The molecule has 15 heavy (non-hydrogen) atoms. The summed E-state index contributed by atoms with van der Waals surface area (Å²) in [5, 5.41) is 3.49. The van der Waals surface area contributed by atoms with Crippen molar-refractivity contribution in [3.05, 3.63) is 0 Å². The lowest BCUT2D eigenvalue weighted by Crippen LogP contribution is -2.29. The second-order valence-electron chi connectivity index (χ2n) is 5.22. The summed E-state index contributed by atoms with van der Waals surface area (Å²) in [6, 6.07) is 0.803. The molecule has 1 atom stereocenters. The fourth-order valence-corrected chi connectivity index (χ4v) is 2.51. The lowest BCUT2D eigenvalue weighted by Gasteiger charge is -2.29. The molecule has 0 saturated heterocycles. The van der Waals surface area contributed by atoms with Gasteiger partial charge in [-0.15, -0.1) is 0 Å². The first-order chi connectivity index (χ1) is 7.36. The summed E-state index contributed by atoms with van der Waals surface area (Å²) >= 11 is 0. The third-order valence-electron chi connectivity index (χ3n) is 3.91. The number of hydrogen-bond donors (Lipinski definition) is 1. The molecule has 0 aromatic carbocycles. The molecule has 0 aromatic heterocycles. The van der Waals surface area contributed by atoms with Crippen LogP contribution in [0.1, 0.15) is 71.1 Å². The van der Waals surface area contributed by atoms with Gasteiger partial charge in [-0.25, -0.2) is 0 Å². The van der Waals surface area contributed by atoms with Crippen LogP contribution in [-0.2, 0) is 0 Å². The Kier molecular flexibility index (Phi) is 7.08. The highest BCUT2D eigenvalue weighted by Gasteiger charge is 2.20. The molecule has 1 aliphatic rings. The Morgan fingerprint density at radius 2 is 1.87 bits per heavy atom. The molecule has 0 amide bonds. The topological polar surface area (TPSA) is 12.0 Å². The number of rotatable bonds is 9. The SMILES string of the molecule is CCCCCCCC(CC1CCC1)NC. The molecular weight excluding hydrogens is 182 g/mol. The largest absolute Gasteiger partial charge is 0.317 e. The van der Waals surface area contributed by atoms with Gasteiger partial charge in [-0.1, -0.05) is 58.3 Å². The minimum Gasteiger partial charge on any atom is -0.317 e. The summed E-state index contributed by atoms with van der Waals surface area (Å²) < 4.78 is 0. The molecule has 1 rings (SSSR count). The molecule has 1 nitrogen and oxygen atoms in total. The average Bonchev–Trinajstić information content (AvgIpc) is 2.19. The van der Waals surface area contributed by atoms with Crippen molar-refractivity contribution in [2.75, 3.05) is 7.05 Å². The Bertz CT molecular complexity index is 140. The summed E-state index contributed by atoms with van der Waals surface area (Å²) in [4.78, 5) is 0. The van der Waals surface area contributed by atoms with E-state index in [4.69, 9.17) is 0 Å². The highest BCUT2D eigenvalue weighted by molar-refractivity contribution is 4.76. The van der Waals surface area contributed by atoms with Gasteiger partial charge in [-0.3, -0.25) is 0 Å². The van der Waals surface area contributed by atoms with Gasteiger partial charge in [0.25, 0.3) is 0 Å². The first-order valence-corrected chi connectivity index (χ1v) is 7.04. The number of unbranched alkanes of at least 4 members (excludes halogenated alkanes) is 4. The minimum atomic E-state index is 0.803. The van der Waals surface area contributed by atoms with Crippen molar-refractivity contribution in [2.24, 2.45) is 5.92 Å². The molecule has 0 aromatic rings. The average molecular weight is 211 g/mol. The van der Waals surface area contributed by atoms with E-state index in [0.29, 0.717) is 0 Å². The second kappa shape index (κ2) is 8.15. The number of nitrogens with one attached hydrogen (secondary N) is 1. The van der Waals surface area contributed by atoms with Gasteiger partial charge >= 0.3 is 0 Å². The quantitative estimate of drug-likeness (QED) is 0.566. The van der Waals surface area contributed by atoms with Crippen LogP contribution in [0.3, 0.4) is 0 Å². The van der Waals surface area contributed by atoms with Gasteiger partial charge in [0.1, 0.15) is 0 Å². The normalized spacial score (nSPS) is 18.8. The molecule has 1 saturated carbocycles. The summed E-state index contributed by atoms with van der Waals surface area (Å²) in [6.07, 6.45) is 14.4. The van der Waals surface area contributed by atoms with Crippen molar-refractivity contribution < 1.29 is 0 Å². The molecule has 0 bridgehead atoms. The first-order valence-electron chi connectivity index (χ1n) is 7.04. The molecule has 0 radical (unpaired) electrons. The molecular formula is C14H29N. The van der Waals surface area contributed by atoms with Crippen molar-refractivity contribution in [2.45, 2.75) is 77.2 Å². The lowest BCUT2D eigenvalue weighted by atomic mass is 9.80. The van der Waals surface area contributed by atoms with E-state index in [-0.39, 0.29) is 0 Å². The zero-order chi connectivity index (χ0) is 10.9. The third-order valence-corrected chi connectivity index (χ3v) is 3.91. The number of hydrogen-bond acceptors (Lipinski definition) is 1. The molecule has 1 fully saturated rings. The highest BCUT2D eigenvalue weighted by atomic mass is 14.9. The molecule has 90 valence electrons. The van der Waals surface area contributed by atoms with E-state index >= 15 is 0 Å². The smallest absolute Gasteiger partial charge is 0.00667 e. The van der Waals surface area contributed by atoms with Crippen LogP contribution in [0.25, 0.3) is 0 Å². The maximum atomic E-state index is 3.49. The van der Waals surface area contributed by atoms with Gasteiger partial charge in [-0.2, -0.15) is 0 Å². The Morgan fingerprint density at radius 3 is 2.40 bits per heavy atom. The van der Waals surface area contributed by atoms with Gasteiger partial charge in [0.2, 0.25) is 0 Å². The van der Waals surface area contributed by atoms with Crippen LogP contribution in [0.15, 0.2) is 0 Å². The molecule has 0 aliphatic heterocycles. The maximum absolute atomic E-state index is 3.49. The summed E-state index contributed by atoms with van der Waals surface area (Å²) in [7, 11) is 2.13. The van der Waals surface area contributed by atoms with Gasteiger partial charge in [-0.05, 0) is 25.8 Å². The van der Waals surface area contributed by atoms with Crippen LogP contribution in [0.5, 0.6) is 0 Å². The van der Waals surface area contributed by atoms with Crippen LogP contribution >= 0.6 is 0 Å². The van der Waals surface area contributed by atoms with E-state index in [1.807, 2.05) is 0 Å². The molecule has 1 heteroatoms. The first kappa shape index (κ1) is 13.0. The zero-order valence-corrected chi connectivity index (χ0v) is 10.7. The van der Waals surface area contributed by atoms with Crippen molar-refractivity contribution in [1.29, 1.82) is 0 Å². The minimum absolute atomic E-state index is 0.803. The van der Waals surface area contributed by atoms with E-state index in [1.165, 1.54) is 64.2 Å². The third kappa shape index (κ3) is 5.55. The van der Waals surface area contributed by atoms with Crippen molar-refractivity contribution >= 4 is 0 Å². The molecule has 1 unspecified atom stereocenters. The predicted molar refractivity (Wildman–Crippen MR) is 68.2 cm³/mol. The van der Waals surface area contributed by atoms with Crippen molar-refractivity contribution in [3.8, 4) is 0 Å². The van der Waals surface area contributed by atoms with E-state index in [9.17, 15) is 0 Å². The lowest BCUT2D eigenvalue weighted by molar-refractivity contribution is 0.257. The molecule has 1 aliphatic carbocycles. The van der Waals surface area contributed by atoms with E-state index < -0.39 is 0 Å². The summed E-state index contributed by atoms with van der Waals surface area (Å²) in [5.74, 6) is 1.05. The Balaban J connectivity index is 1.95. The van der Waals surface area contributed by atoms with Crippen LogP contribution in [-0.4, -0.2) is 13.1 Å². The van der Waals surface area contributed by atoms with Crippen molar-refractivity contribution in [3.63, 3.8) is 0 Å². The Morgan fingerprint density at radius 1 is 1.13 bits per heavy atom. The van der Waals surface area contributed by atoms with Crippen molar-refractivity contribution in [1.82, 2.24) is 5.32 Å². The molecule has 0 heterocycles. The van der Waals surface area contributed by atoms with E-state index in [0.717, 1.165) is 12.0 Å². The van der Waals surface area contributed by atoms with Gasteiger partial charge in [0.15, 0.2) is 0 Å². The highest BCUT2D eigenvalue weighted by Crippen LogP contribution is 2.31. The fourth-order valence-electron chi connectivity index (χ4n) is 2.51. The Hall–Kier alpha value is -0.0400. The monoisotopic (exact) mass is 211 g/mol. The fraction of sp³-hybridized carbons (Fsp3) is 1.00. The van der Waals surface area contributed by atoms with Crippen LogP contribution in [0.4, 0.5) is 0 Å². The Labute approximate surface area is 96.0 Å². The summed E-state index contributed by atoms with van der Waals surface area (Å²) in [6.45, 7) is 2.28. The summed E-state index contributed by atoms with van der Waals surface area (Å²) in [5.41, 5.74) is 0. The molecule has 0 spiro atoms. The maximum Gasteiger partial charge on any atom is 0.00667 e. The predicted octanol–water partition coefficient (Wildman–Crippen LogP) is 4.13. The van der Waals surface area contributed by atoms with E-state index in [2.05, 4.69) is 19.3 Å². The zero-order valence-electron chi connectivity index (χ0n) is 10.7. The second-order valence-corrected chi connectivity index (χ2v) is 5.22. The van der Waals surface area contributed by atoms with E-state index in [1.54, 1.807) is 0 Å². The van der Waals surface area contributed by atoms with Crippen LogP contribution in [0, 0.1) is 5.92 Å².